The van der Waals surface area contributed by atoms with E-state index >= 15 is 0 Å². The standard InChI is InChI=1S/C22H29N5O2S/c1-26(24)21(22(23)28-2)15-10-19-20(25-12-15)17-5-4-16(30-3)11-18(17)27(19)13-14-6-8-29-9-7-14/h4-5,10-12,14H,6-9,13,23-24H2,1-3H3/b22-21+. The van der Waals surface area contributed by atoms with Crippen molar-refractivity contribution in [2.24, 2.45) is 17.5 Å². The molecule has 7 nitrogen and oxygen atoms in total. The van der Waals surface area contributed by atoms with Crippen LogP contribution >= 0.6 is 11.8 Å². The first-order valence-corrected chi connectivity index (χ1v) is 11.3. The van der Waals surface area contributed by atoms with Gasteiger partial charge in [0.2, 0.25) is 5.88 Å². The molecule has 2 aromatic heterocycles. The number of nitrogens with zero attached hydrogens (tertiary/aromatic N) is 3. The smallest absolute Gasteiger partial charge is 0.210 e. The molecule has 1 aliphatic rings. The molecule has 0 atom stereocenters. The zero-order valence-corrected chi connectivity index (χ0v) is 18.5. The topological polar surface area (TPSA) is 91.6 Å². The van der Waals surface area contributed by atoms with E-state index in [1.165, 1.54) is 22.5 Å². The second kappa shape index (κ2) is 8.75. The fourth-order valence-corrected chi connectivity index (χ4v) is 4.62. The van der Waals surface area contributed by atoms with E-state index in [9.17, 15) is 0 Å². The maximum absolute atomic E-state index is 6.08. The maximum atomic E-state index is 6.08. The van der Waals surface area contributed by atoms with Gasteiger partial charge in [-0.15, -0.1) is 11.8 Å². The van der Waals surface area contributed by atoms with Gasteiger partial charge in [0.15, 0.2) is 0 Å². The highest BCUT2D eigenvalue weighted by Crippen LogP contribution is 2.34. The largest absolute Gasteiger partial charge is 0.481 e. The molecule has 160 valence electrons. The van der Waals surface area contributed by atoms with E-state index in [0.717, 1.165) is 54.6 Å². The van der Waals surface area contributed by atoms with Crippen LogP contribution in [0.25, 0.3) is 27.6 Å². The first-order valence-electron chi connectivity index (χ1n) is 10.1. The van der Waals surface area contributed by atoms with Crippen molar-refractivity contribution in [1.29, 1.82) is 0 Å². The minimum Gasteiger partial charge on any atom is -0.481 e. The molecule has 4 N–H and O–H groups in total. The molecule has 30 heavy (non-hydrogen) atoms. The van der Waals surface area contributed by atoms with Crippen LogP contribution in [0, 0.1) is 5.92 Å². The summed E-state index contributed by atoms with van der Waals surface area (Å²) in [5, 5.41) is 2.63. The van der Waals surface area contributed by atoms with Crippen LogP contribution in [0.1, 0.15) is 18.4 Å². The average molecular weight is 428 g/mol. The van der Waals surface area contributed by atoms with E-state index in [1.807, 2.05) is 6.20 Å². The molecule has 8 heteroatoms. The van der Waals surface area contributed by atoms with E-state index in [2.05, 4.69) is 35.1 Å². The summed E-state index contributed by atoms with van der Waals surface area (Å²) in [4.78, 5) is 6.06. The number of hydrogen-bond acceptors (Lipinski definition) is 7. The van der Waals surface area contributed by atoms with Crippen molar-refractivity contribution in [3.63, 3.8) is 0 Å². The number of rotatable bonds is 6. The van der Waals surface area contributed by atoms with Crippen LogP contribution in [-0.2, 0) is 16.0 Å². The van der Waals surface area contributed by atoms with E-state index in [1.54, 1.807) is 18.8 Å². The number of nitrogens with two attached hydrogens (primary N) is 2. The van der Waals surface area contributed by atoms with Gasteiger partial charge in [-0.05, 0) is 49.3 Å². The second-order valence-corrected chi connectivity index (χ2v) is 8.55. The quantitative estimate of drug-likeness (QED) is 0.270. The van der Waals surface area contributed by atoms with Gasteiger partial charge < -0.3 is 24.8 Å². The Bertz CT molecular complexity index is 1090. The van der Waals surface area contributed by atoms with Crippen molar-refractivity contribution in [2.45, 2.75) is 24.3 Å². The predicted octanol–water partition coefficient (Wildman–Crippen LogP) is 3.37. The monoisotopic (exact) mass is 427 g/mol. The lowest BCUT2D eigenvalue weighted by Crippen LogP contribution is -2.27. The van der Waals surface area contributed by atoms with Crippen LogP contribution in [0.15, 0.2) is 41.2 Å². The van der Waals surface area contributed by atoms with E-state index in [0.29, 0.717) is 11.6 Å². The number of aromatic nitrogens is 2. The Kier molecular flexibility index (Phi) is 6.08. The third-order valence-corrected chi connectivity index (χ3v) is 6.50. The molecule has 0 radical (unpaired) electrons. The van der Waals surface area contributed by atoms with Crippen LogP contribution in [0.2, 0.25) is 0 Å². The fraction of sp³-hybridized carbons (Fsp3) is 0.409. The Hall–Kier alpha value is -2.42. The van der Waals surface area contributed by atoms with Crippen LogP contribution in [0.5, 0.6) is 0 Å². The van der Waals surface area contributed by atoms with Crippen molar-refractivity contribution in [3.05, 3.63) is 41.9 Å². The van der Waals surface area contributed by atoms with E-state index in [4.69, 9.17) is 26.0 Å². The first kappa shape index (κ1) is 20.8. The predicted molar refractivity (Wildman–Crippen MR) is 123 cm³/mol. The maximum Gasteiger partial charge on any atom is 0.210 e. The number of hydrogen-bond donors (Lipinski definition) is 2. The summed E-state index contributed by atoms with van der Waals surface area (Å²) >= 11 is 1.75. The van der Waals surface area contributed by atoms with Gasteiger partial charge in [0.1, 0.15) is 5.70 Å². The van der Waals surface area contributed by atoms with Gasteiger partial charge in [0.25, 0.3) is 0 Å². The molecule has 1 saturated heterocycles. The normalized spacial score (nSPS) is 16.1. The number of fused-ring (bicyclic) bond motifs is 3. The lowest BCUT2D eigenvalue weighted by Gasteiger charge is -2.23. The Morgan fingerprint density at radius 2 is 2.07 bits per heavy atom. The summed E-state index contributed by atoms with van der Waals surface area (Å²) in [6.45, 7) is 2.59. The summed E-state index contributed by atoms with van der Waals surface area (Å²) in [5.41, 5.74) is 10.8. The summed E-state index contributed by atoms with van der Waals surface area (Å²) in [5.74, 6) is 6.89. The summed E-state index contributed by atoms with van der Waals surface area (Å²) in [6, 6.07) is 8.70. The molecule has 1 aromatic carbocycles. The number of hydrazine groups is 1. The summed E-state index contributed by atoms with van der Waals surface area (Å²) < 4.78 is 13.2. The van der Waals surface area contributed by atoms with Crippen molar-refractivity contribution >= 4 is 39.4 Å². The molecule has 0 spiro atoms. The zero-order chi connectivity index (χ0) is 21.3. The van der Waals surface area contributed by atoms with Crippen molar-refractivity contribution in [1.82, 2.24) is 14.6 Å². The number of ether oxygens (including phenoxy) is 2. The van der Waals surface area contributed by atoms with Crippen molar-refractivity contribution in [2.75, 3.05) is 33.6 Å². The van der Waals surface area contributed by atoms with Gasteiger partial charge in [-0.1, -0.05) is 0 Å². The highest BCUT2D eigenvalue weighted by atomic mass is 32.2. The lowest BCUT2D eigenvalue weighted by molar-refractivity contribution is 0.0619. The minimum absolute atomic E-state index is 0.262. The number of benzene rings is 1. The Balaban J connectivity index is 1.92. The minimum atomic E-state index is 0.262. The molecule has 1 aliphatic heterocycles. The second-order valence-electron chi connectivity index (χ2n) is 7.67. The molecule has 0 aliphatic carbocycles. The molecule has 3 aromatic rings. The highest BCUT2D eigenvalue weighted by Gasteiger charge is 2.21. The van der Waals surface area contributed by atoms with Gasteiger partial charge >= 0.3 is 0 Å². The Morgan fingerprint density at radius 1 is 1.30 bits per heavy atom. The molecule has 4 rings (SSSR count). The van der Waals surface area contributed by atoms with Gasteiger partial charge in [0, 0.05) is 48.8 Å². The first-order chi connectivity index (χ1) is 14.5. The number of pyridine rings is 1. The van der Waals surface area contributed by atoms with Gasteiger partial charge in [-0.2, -0.15) is 0 Å². The van der Waals surface area contributed by atoms with Gasteiger partial charge in [-0.25, -0.2) is 5.84 Å². The third kappa shape index (κ3) is 3.82. The van der Waals surface area contributed by atoms with Crippen LogP contribution < -0.4 is 11.6 Å². The molecule has 0 unspecified atom stereocenters. The average Bonchev–Trinajstić information content (AvgIpc) is 3.06. The van der Waals surface area contributed by atoms with Crippen LogP contribution in [0.4, 0.5) is 0 Å². The molecule has 3 heterocycles. The van der Waals surface area contributed by atoms with Crippen LogP contribution in [0.3, 0.4) is 0 Å². The lowest BCUT2D eigenvalue weighted by atomic mass is 10.0. The van der Waals surface area contributed by atoms with Crippen molar-refractivity contribution < 1.29 is 9.47 Å². The fourth-order valence-electron chi connectivity index (χ4n) is 4.19. The summed E-state index contributed by atoms with van der Waals surface area (Å²) in [6.07, 6.45) is 6.06. The van der Waals surface area contributed by atoms with Gasteiger partial charge in [-0.3, -0.25) is 4.98 Å². The molecule has 1 fully saturated rings. The third-order valence-electron chi connectivity index (χ3n) is 5.77. The Labute approximate surface area is 181 Å². The molecule has 0 saturated carbocycles. The van der Waals surface area contributed by atoms with Crippen molar-refractivity contribution in [3.8, 4) is 0 Å². The molecular weight excluding hydrogens is 398 g/mol. The van der Waals surface area contributed by atoms with E-state index < -0.39 is 0 Å². The summed E-state index contributed by atoms with van der Waals surface area (Å²) in [7, 11) is 3.28. The van der Waals surface area contributed by atoms with E-state index in [-0.39, 0.29) is 5.88 Å². The number of thioether (sulfide) groups is 1. The zero-order valence-electron chi connectivity index (χ0n) is 17.7. The molecule has 0 amide bonds. The van der Waals surface area contributed by atoms with Gasteiger partial charge in [0.05, 0.1) is 23.7 Å². The van der Waals surface area contributed by atoms with Crippen LogP contribution in [-0.4, -0.2) is 48.2 Å². The highest BCUT2D eigenvalue weighted by molar-refractivity contribution is 7.98. The SMILES string of the molecule is CO/C(N)=C(\c1cnc2c3ccc(SC)cc3n(CC3CCOCC3)c2c1)N(C)N. The molecule has 0 bridgehead atoms. The number of methoxy groups -OCH3 is 1. The molecular formula is C22H29N5O2S. The Morgan fingerprint density at radius 3 is 2.73 bits per heavy atom.